The second-order valence-corrected chi connectivity index (χ2v) is 2.59. The van der Waals surface area contributed by atoms with Gasteiger partial charge in [0.1, 0.15) is 11.5 Å². The van der Waals surface area contributed by atoms with Gasteiger partial charge in [-0.15, -0.1) is 12.6 Å². The summed E-state index contributed by atoms with van der Waals surface area (Å²) in [7, 11) is 0. The van der Waals surface area contributed by atoms with Crippen LogP contribution in [0.15, 0.2) is 17.0 Å². The fourth-order valence-electron chi connectivity index (χ4n) is 0.544. The molecule has 0 radical (unpaired) electrons. The van der Waals surface area contributed by atoms with Gasteiger partial charge >= 0.3 is 0 Å². The first-order valence-corrected chi connectivity index (χ1v) is 3.35. The largest absolute Gasteiger partial charge is 0.507 e. The van der Waals surface area contributed by atoms with Crippen LogP contribution in [0.2, 0.25) is 5.02 Å². The number of phenols is 2. The molecule has 0 heterocycles. The van der Waals surface area contributed by atoms with Crippen LogP contribution in [0.4, 0.5) is 0 Å². The molecule has 0 spiro atoms. The van der Waals surface area contributed by atoms with E-state index in [1.807, 2.05) is 0 Å². The summed E-state index contributed by atoms with van der Waals surface area (Å²) in [6.07, 6.45) is 0. The van der Waals surface area contributed by atoms with Gasteiger partial charge in [0.25, 0.3) is 0 Å². The van der Waals surface area contributed by atoms with Gasteiger partial charge in [-0.2, -0.15) is 0 Å². The summed E-state index contributed by atoms with van der Waals surface area (Å²) in [6.45, 7) is 0. The smallest absolute Gasteiger partial charge is 0.135 e. The summed E-state index contributed by atoms with van der Waals surface area (Å²) in [5.41, 5.74) is 0. The van der Waals surface area contributed by atoms with Gasteiger partial charge in [0, 0.05) is 0 Å². The second-order valence-electron chi connectivity index (χ2n) is 1.77. The molecule has 10 heavy (non-hydrogen) atoms. The number of aromatic hydroxyl groups is 2. The Morgan fingerprint density at radius 2 is 1.70 bits per heavy atom. The minimum atomic E-state index is -0.0792. The van der Waals surface area contributed by atoms with Gasteiger partial charge in [-0.25, -0.2) is 0 Å². The average Bonchev–Trinajstić information content (AvgIpc) is 1.93. The van der Waals surface area contributed by atoms with Gasteiger partial charge in [0.05, 0.1) is 9.92 Å². The highest BCUT2D eigenvalue weighted by molar-refractivity contribution is 7.80. The summed E-state index contributed by atoms with van der Waals surface area (Å²) in [5, 5.41) is 18.0. The monoisotopic (exact) mass is 176 g/mol. The molecule has 0 amide bonds. The molecule has 0 aliphatic heterocycles. The van der Waals surface area contributed by atoms with E-state index in [1.54, 1.807) is 0 Å². The fourth-order valence-corrected chi connectivity index (χ4v) is 0.893. The number of hydrogen-bond acceptors (Lipinski definition) is 3. The zero-order valence-electron chi connectivity index (χ0n) is 4.87. The highest BCUT2D eigenvalue weighted by Gasteiger charge is 2.05. The van der Waals surface area contributed by atoms with Crippen molar-refractivity contribution in [2.45, 2.75) is 4.90 Å². The third kappa shape index (κ3) is 1.15. The number of halogens is 1. The van der Waals surface area contributed by atoms with Gasteiger partial charge in [-0.3, -0.25) is 0 Å². The quantitative estimate of drug-likeness (QED) is 0.418. The average molecular weight is 177 g/mol. The molecule has 0 aliphatic rings. The molecule has 0 atom stereocenters. The molecule has 0 unspecified atom stereocenters. The molecule has 2 N–H and O–H groups in total. The Morgan fingerprint density at radius 1 is 1.20 bits per heavy atom. The van der Waals surface area contributed by atoms with E-state index in [-0.39, 0.29) is 21.4 Å². The number of benzene rings is 1. The van der Waals surface area contributed by atoms with Gasteiger partial charge < -0.3 is 10.2 Å². The highest BCUT2D eigenvalue weighted by atomic mass is 35.5. The van der Waals surface area contributed by atoms with Crippen molar-refractivity contribution in [2.75, 3.05) is 0 Å². The molecule has 4 heteroatoms. The van der Waals surface area contributed by atoms with Crippen LogP contribution in [0, 0.1) is 0 Å². The highest BCUT2D eigenvalue weighted by Crippen LogP contribution is 2.35. The number of phenolic OH excluding ortho intramolecular Hbond substituents is 2. The molecule has 0 aliphatic carbocycles. The number of hydrogen-bond donors (Lipinski definition) is 3. The first-order chi connectivity index (χ1) is 4.63. The Labute approximate surface area is 68.5 Å². The van der Waals surface area contributed by atoms with Gasteiger partial charge in [0.15, 0.2) is 0 Å². The van der Waals surface area contributed by atoms with E-state index < -0.39 is 0 Å². The molecular formula is C6H5ClO2S. The van der Waals surface area contributed by atoms with Gasteiger partial charge in [-0.1, -0.05) is 11.6 Å². The van der Waals surface area contributed by atoms with E-state index in [1.165, 1.54) is 12.1 Å². The molecule has 1 aromatic rings. The van der Waals surface area contributed by atoms with Crippen molar-refractivity contribution in [3.05, 3.63) is 17.2 Å². The minimum absolute atomic E-state index is 0.0360. The molecule has 2 nitrogen and oxygen atoms in total. The third-order valence-electron chi connectivity index (χ3n) is 1.07. The lowest BCUT2D eigenvalue weighted by atomic mass is 10.3. The van der Waals surface area contributed by atoms with Crippen LogP contribution in [0.3, 0.4) is 0 Å². The van der Waals surface area contributed by atoms with E-state index in [2.05, 4.69) is 12.6 Å². The van der Waals surface area contributed by atoms with Crippen LogP contribution in [0.25, 0.3) is 0 Å². The Kier molecular flexibility index (Phi) is 1.97. The van der Waals surface area contributed by atoms with Crippen molar-refractivity contribution in [3.63, 3.8) is 0 Å². The minimum Gasteiger partial charge on any atom is -0.507 e. The molecule has 0 saturated carbocycles. The van der Waals surface area contributed by atoms with Crippen molar-refractivity contribution in [2.24, 2.45) is 0 Å². The van der Waals surface area contributed by atoms with Crippen LogP contribution in [-0.4, -0.2) is 10.2 Å². The number of rotatable bonds is 0. The van der Waals surface area contributed by atoms with Crippen LogP contribution in [0.5, 0.6) is 11.5 Å². The first-order valence-electron chi connectivity index (χ1n) is 2.52. The molecule has 54 valence electrons. The summed E-state index contributed by atoms with van der Waals surface area (Å²) in [6, 6.07) is 2.63. The second kappa shape index (κ2) is 2.60. The summed E-state index contributed by atoms with van der Waals surface area (Å²) in [4.78, 5) is 0.196. The van der Waals surface area contributed by atoms with Crippen molar-refractivity contribution >= 4 is 24.2 Å². The zero-order valence-corrected chi connectivity index (χ0v) is 6.52. The standard InChI is InChI=1S/C6H5ClO2S/c7-5-3(8)1-2-4(9)6(5)10/h1-2,8-10H. The third-order valence-corrected chi connectivity index (χ3v) is 2.04. The van der Waals surface area contributed by atoms with E-state index in [0.717, 1.165) is 0 Å². The topological polar surface area (TPSA) is 40.5 Å². The van der Waals surface area contributed by atoms with Crippen LogP contribution >= 0.6 is 24.2 Å². The predicted octanol–water partition coefficient (Wildman–Crippen LogP) is 2.04. The van der Waals surface area contributed by atoms with Crippen molar-refractivity contribution in [3.8, 4) is 11.5 Å². The van der Waals surface area contributed by atoms with Gasteiger partial charge in [0.2, 0.25) is 0 Å². The molecule has 0 fully saturated rings. The van der Waals surface area contributed by atoms with Crippen LogP contribution in [-0.2, 0) is 0 Å². The maximum Gasteiger partial charge on any atom is 0.135 e. The lowest BCUT2D eigenvalue weighted by molar-refractivity contribution is 0.449. The Bertz CT molecular complexity index is 235. The van der Waals surface area contributed by atoms with Crippen LogP contribution < -0.4 is 0 Å². The van der Waals surface area contributed by atoms with E-state index in [9.17, 15) is 0 Å². The number of thiol groups is 1. The van der Waals surface area contributed by atoms with Gasteiger partial charge in [-0.05, 0) is 12.1 Å². The molecule has 0 saturated heterocycles. The summed E-state index contributed by atoms with van der Waals surface area (Å²) >= 11 is 9.34. The summed E-state index contributed by atoms with van der Waals surface area (Å²) < 4.78 is 0. The van der Waals surface area contributed by atoms with Crippen LogP contribution in [0.1, 0.15) is 0 Å². The Balaban J connectivity index is 3.34. The normalized spacial score (nSPS) is 9.80. The zero-order chi connectivity index (χ0) is 7.72. The molecule has 1 rings (SSSR count). The van der Waals surface area contributed by atoms with E-state index in [4.69, 9.17) is 21.8 Å². The van der Waals surface area contributed by atoms with Crippen molar-refractivity contribution in [1.82, 2.24) is 0 Å². The van der Waals surface area contributed by atoms with E-state index >= 15 is 0 Å². The Morgan fingerprint density at radius 3 is 2.20 bits per heavy atom. The predicted molar refractivity (Wildman–Crippen MR) is 42.0 cm³/mol. The fraction of sp³-hybridized carbons (Fsp3) is 0. The molecular weight excluding hydrogens is 172 g/mol. The SMILES string of the molecule is Oc1ccc(O)c(Cl)c1S. The Hall–Kier alpha value is -0.540. The van der Waals surface area contributed by atoms with E-state index in [0.29, 0.717) is 0 Å². The molecule has 0 aromatic heterocycles. The lowest BCUT2D eigenvalue weighted by Crippen LogP contribution is -1.72. The first kappa shape index (κ1) is 7.57. The lowest BCUT2D eigenvalue weighted by Gasteiger charge is -2.00. The summed E-state index contributed by atoms with van der Waals surface area (Å²) in [5.74, 6) is -0.115. The maximum atomic E-state index is 8.95. The molecule has 1 aromatic carbocycles. The molecule has 0 bridgehead atoms. The van der Waals surface area contributed by atoms with Crippen molar-refractivity contribution < 1.29 is 10.2 Å². The maximum absolute atomic E-state index is 8.95. The van der Waals surface area contributed by atoms with Crippen molar-refractivity contribution in [1.29, 1.82) is 0 Å².